The Morgan fingerprint density at radius 3 is 2.50 bits per heavy atom. The maximum Gasteiger partial charge on any atom is 0.264 e. The number of ether oxygens (including phenoxy) is 1. The van der Waals surface area contributed by atoms with E-state index in [9.17, 15) is 18.3 Å². The topological polar surface area (TPSA) is 109 Å². The van der Waals surface area contributed by atoms with Crippen LogP contribution in [0.2, 0.25) is 0 Å². The zero-order chi connectivity index (χ0) is 24.8. The third-order valence-electron chi connectivity index (χ3n) is 5.76. The molecular formula is C25H31N3O5S. The number of para-hydroxylation sites is 1. The SMILES string of the molecule is CCOCC(O)(CC)CCN(C)C(=O)c1ccc(NS(=O)(=O)c2cccc3cccnc23)cc1. The Morgan fingerprint density at radius 1 is 1.12 bits per heavy atom. The van der Waals surface area contributed by atoms with Crippen LogP contribution < -0.4 is 4.72 Å². The first-order valence-corrected chi connectivity index (χ1v) is 12.7. The molecule has 3 aromatic rings. The predicted molar refractivity (Wildman–Crippen MR) is 132 cm³/mol. The minimum absolute atomic E-state index is 0.0842. The van der Waals surface area contributed by atoms with Crippen LogP contribution in [0.5, 0.6) is 0 Å². The molecule has 1 heterocycles. The summed E-state index contributed by atoms with van der Waals surface area (Å²) in [6.07, 6.45) is 2.47. The van der Waals surface area contributed by atoms with Crippen LogP contribution in [0.1, 0.15) is 37.0 Å². The number of hydrogen-bond donors (Lipinski definition) is 2. The summed E-state index contributed by atoms with van der Waals surface area (Å²) in [6, 6.07) is 14.8. The minimum Gasteiger partial charge on any atom is -0.387 e. The van der Waals surface area contributed by atoms with Gasteiger partial charge < -0.3 is 14.7 Å². The van der Waals surface area contributed by atoms with Crippen molar-refractivity contribution in [2.75, 3.05) is 31.5 Å². The summed E-state index contributed by atoms with van der Waals surface area (Å²) in [6.45, 7) is 4.86. The summed E-state index contributed by atoms with van der Waals surface area (Å²) in [4.78, 5) is 18.6. The van der Waals surface area contributed by atoms with Crippen LogP contribution in [0, 0.1) is 0 Å². The number of fused-ring (bicyclic) bond motifs is 1. The number of carbonyl (C=O) groups is 1. The van der Waals surface area contributed by atoms with E-state index in [2.05, 4.69) is 9.71 Å². The summed E-state index contributed by atoms with van der Waals surface area (Å²) < 4.78 is 33.8. The van der Waals surface area contributed by atoms with Crippen molar-refractivity contribution >= 4 is 32.5 Å². The number of rotatable bonds is 11. The summed E-state index contributed by atoms with van der Waals surface area (Å²) in [7, 11) is -2.20. The Bertz CT molecular complexity index is 1230. The molecule has 0 radical (unpaired) electrons. The molecule has 3 rings (SSSR count). The van der Waals surface area contributed by atoms with E-state index in [4.69, 9.17) is 4.74 Å². The van der Waals surface area contributed by atoms with Crippen LogP contribution in [0.15, 0.2) is 65.7 Å². The number of carbonyl (C=O) groups excluding carboxylic acids is 1. The highest BCUT2D eigenvalue weighted by molar-refractivity contribution is 7.93. The van der Waals surface area contributed by atoms with Crippen LogP contribution in [0.4, 0.5) is 5.69 Å². The number of aromatic nitrogens is 1. The van der Waals surface area contributed by atoms with Gasteiger partial charge in [-0.15, -0.1) is 0 Å². The van der Waals surface area contributed by atoms with E-state index in [1.54, 1.807) is 61.8 Å². The largest absolute Gasteiger partial charge is 0.387 e. The minimum atomic E-state index is -3.87. The van der Waals surface area contributed by atoms with Crippen LogP contribution in [0.3, 0.4) is 0 Å². The van der Waals surface area contributed by atoms with Crippen molar-refractivity contribution in [3.63, 3.8) is 0 Å². The Balaban J connectivity index is 1.68. The molecule has 0 saturated heterocycles. The average molecular weight is 486 g/mol. The van der Waals surface area contributed by atoms with Gasteiger partial charge in [-0.05, 0) is 56.2 Å². The van der Waals surface area contributed by atoms with E-state index in [1.807, 2.05) is 13.8 Å². The van der Waals surface area contributed by atoms with Gasteiger partial charge >= 0.3 is 0 Å². The van der Waals surface area contributed by atoms with Crippen LogP contribution in [-0.4, -0.2) is 61.7 Å². The third kappa shape index (κ3) is 6.11. The molecule has 0 bridgehead atoms. The standard InChI is InChI=1S/C25H31N3O5S/c1-4-25(30,18-33-5-2)15-17-28(3)24(29)20-11-13-21(14-12-20)27-34(31,32)22-10-6-8-19-9-7-16-26-23(19)22/h6-14,16,27,30H,4-5,15,17-18H2,1-3H3. The molecular weight excluding hydrogens is 454 g/mol. The molecule has 0 spiro atoms. The molecule has 0 fully saturated rings. The van der Waals surface area contributed by atoms with Crippen molar-refractivity contribution in [1.82, 2.24) is 9.88 Å². The van der Waals surface area contributed by atoms with E-state index in [1.165, 1.54) is 11.0 Å². The second-order valence-corrected chi connectivity index (χ2v) is 9.86. The van der Waals surface area contributed by atoms with E-state index in [0.29, 0.717) is 42.8 Å². The number of hydrogen-bond acceptors (Lipinski definition) is 6. The maximum atomic E-state index is 13.0. The van der Waals surface area contributed by atoms with Gasteiger partial charge in [0.05, 0.1) is 17.7 Å². The highest BCUT2D eigenvalue weighted by Gasteiger charge is 2.26. The summed E-state index contributed by atoms with van der Waals surface area (Å²) in [5.74, 6) is -0.220. The lowest BCUT2D eigenvalue weighted by atomic mass is 9.97. The summed E-state index contributed by atoms with van der Waals surface area (Å²) >= 11 is 0. The van der Waals surface area contributed by atoms with Crippen LogP contribution in [0.25, 0.3) is 10.9 Å². The molecule has 1 unspecified atom stereocenters. The Hall–Kier alpha value is -3.01. The molecule has 1 aromatic heterocycles. The first-order valence-electron chi connectivity index (χ1n) is 11.2. The van der Waals surface area contributed by atoms with E-state index in [0.717, 1.165) is 5.39 Å². The maximum absolute atomic E-state index is 13.0. The molecule has 9 heteroatoms. The van der Waals surface area contributed by atoms with Gasteiger partial charge in [-0.25, -0.2) is 8.42 Å². The Kier molecular flexibility index (Phi) is 8.24. The second-order valence-electron chi connectivity index (χ2n) is 8.21. The van der Waals surface area contributed by atoms with Crippen molar-refractivity contribution < 1.29 is 23.1 Å². The van der Waals surface area contributed by atoms with Gasteiger partial charge in [0.15, 0.2) is 0 Å². The van der Waals surface area contributed by atoms with Gasteiger partial charge in [0, 0.05) is 43.0 Å². The number of pyridine rings is 1. The lowest BCUT2D eigenvalue weighted by Gasteiger charge is -2.29. The van der Waals surface area contributed by atoms with Crippen molar-refractivity contribution in [3.8, 4) is 0 Å². The molecule has 182 valence electrons. The van der Waals surface area contributed by atoms with Gasteiger partial charge in [-0.2, -0.15) is 0 Å². The first kappa shape index (κ1) is 25.6. The fourth-order valence-corrected chi connectivity index (χ4v) is 4.76. The molecule has 0 aliphatic heterocycles. The molecule has 8 nitrogen and oxygen atoms in total. The molecule has 1 atom stereocenters. The lowest BCUT2D eigenvalue weighted by Crippen LogP contribution is -2.39. The fourth-order valence-electron chi connectivity index (χ4n) is 3.52. The molecule has 0 aliphatic carbocycles. The highest BCUT2D eigenvalue weighted by Crippen LogP contribution is 2.24. The Labute approximate surface area is 200 Å². The molecule has 0 aliphatic rings. The van der Waals surface area contributed by atoms with Gasteiger partial charge in [-0.3, -0.25) is 14.5 Å². The van der Waals surface area contributed by atoms with Crippen LogP contribution >= 0.6 is 0 Å². The summed E-state index contributed by atoms with van der Waals surface area (Å²) in [5.41, 5.74) is 0.164. The van der Waals surface area contributed by atoms with Crippen molar-refractivity contribution in [2.24, 2.45) is 0 Å². The third-order valence-corrected chi connectivity index (χ3v) is 7.17. The van der Waals surface area contributed by atoms with E-state index < -0.39 is 15.6 Å². The highest BCUT2D eigenvalue weighted by atomic mass is 32.2. The lowest BCUT2D eigenvalue weighted by molar-refractivity contribution is -0.0539. The smallest absolute Gasteiger partial charge is 0.264 e. The van der Waals surface area contributed by atoms with Gasteiger partial charge in [-0.1, -0.05) is 25.1 Å². The first-order chi connectivity index (χ1) is 16.2. The molecule has 0 saturated carbocycles. The fraction of sp³-hybridized carbons (Fsp3) is 0.360. The van der Waals surface area contributed by atoms with Crippen molar-refractivity contribution in [3.05, 3.63) is 66.4 Å². The number of aliphatic hydroxyl groups is 1. The molecule has 2 aromatic carbocycles. The van der Waals surface area contributed by atoms with Crippen molar-refractivity contribution in [1.29, 1.82) is 0 Å². The normalized spacial score (nSPS) is 13.4. The Morgan fingerprint density at radius 2 is 1.82 bits per heavy atom. The number of nitrogens with zero attached hydrogens (tertiary/aromatic N) is 2. The number of nitrogens with one attached hydrogen (secondary N) is 1. The van der Waals surface area contributed by atoms with E-state index in [-0.39, 0.29) is 17.4 Å². The van der Waals surface area contributed by atoms with Gasteiger partial charge in [0.2, 0.25) is 0 Å². The monoisotopic (exact) mass is 485 g/mol. The number of anilines is 1. The van der Waals surface area contributed by atoms with Crippen LogP contribution in [-0.2, 0) is 14.8 Å². The quantitative estimate of drug-likeness (QED) is 0.429. The zero-order valence-electron chi connectivity index (χ0n) is 19.7. The number of benzene rings is 2. The molecule has 34 heavy (non-hydrogen) atoms. The second kappa shape index (κ2) is 10.9. The summed E-state index contributed by atoms with van der Waals surface area (Å²) in [5, 5.41) is 11.4. The predicted octanol–water partition coefficient (Wildman–Crippen LogP) is 3.68. The van der Waals surface area contributed by atoms with Gasteiger partial charge in [0.25, 0.3) is 15.9 Å². The van der Waals surface area contributed by atoms with Crippen molar-refractivity contribution in [2.45, 2.75) is 37.2 Å². The zero-order valence-corrected chi connectivity index (χ0v) is 20.5. The van der Waals surface area contributed by atoms with Gasteiger partial charge in [0.1, 0.15) is 4.90 Å². The average Bonchev–Trinajstić information content (AvgIpc) is 2.85. The molecule has 2 N–H and O–H groups in total. The number of amides is 1. The molecule has 1 amide bonds. The number of sulfonamides is 1. The van der Waals surface area contributed by atoms with E-state index >= 15 is 0 Å².